The van der Waals surface area contributed by atoms with E-state index in [1.54, 1.807) is 24.3 Å². The molecule has 0 bridgehead atoms. The summed E-state index contributed by atoms with van der Waals surface area (Å²) in [5, 5.41) is 34.8. The van der Waals surface area contributed by atoms with Gasteiger partial charge in [-0.1, -0.05) is 54.8 Å². The molecule has 0 saturated carbocycles. The van der Waals surface area contributed by atoms with E-state index >= 15 is 0 Å². The number of para-hydroxylation sites is 1. The van der Waals surface area contributed by atoms with Gasteiger partial charge in [0.25, 0.3) is 0 Å². The van der Waals surface area contributed by atoms with Crippen LogP contribution in [0.2, 0.25) is 0 Å². The molecule has 1 fully saturated rings. The minimum absolute atomic E-state index is 0.274. The van der Waals surface area contributed by atoms with E-state index in [0.717, 1.165) is 28.9 Å². The lowest BCUT2D eigenvalue weighted by Gasteiger charge is -2.36. The number of imide groups is 1. The number of phenols is 1. The molecule has 8 heteroatoms. The van der Waals surface area contributed by atoms with Gasteiger partial charge < -0.3 is 20.6 Å². The van der Waals surface area contributed by atoms with Gasteiger partial charge in [-0.3, -0.25) is 14.5 Å². The molecule has 4 N–H and O–H groups in total. The monoisotopic (exact) mass is 598 g/mol. The first-order chi connectivity index (χ1) is 21.2. The van der Waals surface area contributed by atoms with Crippen molar-refractivity contribution >= 4 is 35.0 Å². The lowest BCUT2D eigenvalue weighted by molar-refractivity contribution is -0.123. The number of fused-ring (bicyclic) bond motifs is 1. The van der Waals surface area contributed by atoms with Crippen molar-refractivity contribution in [3.63, 3.8) is 0 Å². The number of carbonyl (C=O) groups is 2. The van der Waals surface area contributed by atoms with Crippen LogP contribution in [0.4, 0.5) is 21.5 Å². The number of aliphatic hydroxyl groups is 2. The molecule has 0 unspecified atom stereocenters. The molecular formula is C36H39FN2O5. The number of nitrogens with one attached hydrogen (secondary N) is 1. The number of allylic oxidation sites excluding steroid dienone is 2. The lowest BCUT2D eigenvalue weighted by atomic mass is 9.67. The summed E-state index contributed by atoms with van der Waals surface area (Å²) >= 11 is 0. The number of phenolic OH excluding ortho intramolecular Hbond substituents is 1. The Hall–Kier alpha value is -4.27. The molecule has 0 radical (unpaired) electrons. The highest BCUT2D eigenvalue weighted by atomic mass is 19.1. The number of hydrogen-bond donors (Lipinski definition) is 4. The Morgan fingerprint density at radius 3 is 2.41 bits per heavy atom. The molecule has 3 aromatic carbocycles. The van der Waals surface area contributed by atoms with E-state index < -0.39 is 35.4 Å². The molecule has 5 rings (SSSR count). The maximum absolute atomic E-state index is 13.9. The molecule has 230 valence electrons. The molecule has 3 aromatic rings. The number of carbonyl (C=O) groups excluding carboxylic acids is 2. The van der Waals surface area contributed by atoms with Crippen molar-refractivity contribution in [2.45, 2.75) is 52.1 Å². The van der Waals surface area contributed by atoms with E-state index in [2.05, 4.69) is 5.32 Å². The first-order valence-corrected chi connectivity index (χ1v) is 15.2. The Morgan fingerprint density at radius 2 is 1.75 bits per heavy atom. The predicted octanol–water partition coefficient (Wildman–Crippen LogP) is 6.73. The summed E-state index contributed by atoms with van der Waals surface area (Å²) in [5.74, 6) is -3.75. The second-order valence-corrected chi connectivity index (χ2v) is 11.7. The highest BCUT2D eigenvalue weighted by Crippen LogP contribution is 2.48. The largest absolute Gasteiger partial charge is 0.505 e. The van der Waals surface area contributed by atoms with Gasteiger partial charge in [0.2, 0.25) is 11.8 Å². The van der Waals surface area contributed by atoms with Crippen LogP contribution in [-0.2, 0) is 9.59 Å². The van der Waals surface area contributed by atoms with Crippen molar-refractivity contribution in [1.29, 1.82) is 0 Å². The minimum atomic E-state index is -0.908. The number of benzene rings is 3. The van der Waals surface area contributed by atoms with Gasteiger partial charge in [0.05, 0.1) is 30.2 Å². The Labute approximate surface area is 257 Å². The van der Waals surface area contributed by atoms with Crippen LogP contribution in [0.3, 0.4) is 0 Å². The first-order valence-electron chi connectivity index (χ1n) is 15.2. The van der Waals surface area contributed by atoms with Crippen molar-refractivity contribution in [3.8, 4) is 5.75 Å². The molecule has 44 heavy (non-hydrogen) atoms. The summed E-state index contributed by atoms with van der Waals surface area (Å²) in [6.45, 7) is 3.56. The lowest BCUT2D eigenvalue weighted by Crippen LogP contribution is -2.39. The molecule has 1 aliphatic heterocycles. The standard InChI is InChI=1S/C36H39FN2O5/c1-3-7-24-20-28-34(29(21-40)33(24)32(42)16-10-22(2)18-23-11-17-31(41)30(37)19-23)36(44)39(35(28)43)27-14-12-26(13-15-27)38-25-8-5-4-6-9-25/h4-6,8-9,11-15,17-19,28-29,32,34,38,40-42H,3,7,10,16,20-21H2,1-2H3/b22-18+/t28-,29+,32-,34-/m1/s1. The van der Waals surface area contributed by atoms with Gasteiger partial charge in [-0.15, -0.1) is 0 Å². The number of anilines is 3. The maximum atomic E-state index is 13.9. The van der Waals surface area contributed by atoms with Crippen LogP contribution in [0.1, 0.15) is 51.5 Å². The Morgan fingerprint density at radius 1 is 1.05 bits per heavy atom. The van der Waals surface area contributed by atoms with Crippen molar-refractivity contribution in [1.82, 2.24) is 0 Å². The summed E-state index contributed by atoms with van der Waals surface area (Å²) < 4.78 is 13.8. The SMILES string of the molecule is CCCC1=C([C@H](O)CC/C(C)=C/c2ccc(O)c(F)c2)[C@H](CO)[C@@H]2C(=O)N(c3ccc(Nc4ccccc4)cc3)C(=O)[C@@H]2C1. The summed E-state index contributed by atoms with van der Waals surface area (Å²) in [6, 6.07) is 21.0. The third-order valence-electron chi connectivity index (χ3n) is 8.68. The van der Waals surface area contributed by atoms with Crippen molar-refractivity contribution < 1.29 is 29.3 Å². The molecule has 0 aromatic heterocycles. The maximum Gasteiger partial charge on any atom is 0.238 e. The normalized spacial score (nSPS) is 21.1. The van der Waals surface area contributed by atoms with Crippen LogP contribution in [0.5, 0.6) is 5.75 Å². The Kier molecular flexibility index (Phi) is 9.61. The molecule has 0 spiro atoms. The molecule has 2 amide bonds. The van der Waals surface area contributed by atoms with E-state index in [1.807, 2.05) is 56.3 Å². The second-order valence-electron chi connectivity index (χ2n) is 11.7. The Balaban J connectivity index is 1.34. The summed E-state index contributed by atoms with van der Waals surface area (Å²) in [4.78, 5) is 28.8. The van der Waals surface area contributed by atoms with Gasteiger partial charge in [0, 0.05) is 17.3 Å². The average Bonchev–Trinajstić information content (AvgIpc) is 3.27. The van der Waals surface area contributed by atoms with Crippen LogP contribution < -0.4 is 10.2 Å². The van der Waals surface area contributed by atoms with E-state index in [0.29, 0.717) is 42.5 Å². The zero-order valence-corrected chi connectivity index (χ0v) is 25.0. The van der Waals surface area contributed by atoms with Crippen molar-refractivity contribution in [2.24, 2.45) is 17.8 Å². The third kappa shape index (κ3) is 6.47. The fourth-order valence-corrected chi connectivity index (χ4v) is 6.62. The second kappa shape index (κ2) is 13.6. The highest BCUT2D eigenvalue weighted by Gasteiger charge is 2.55. The first kappa shape index (κ1) is 31.2. The summed E-state index contributed by atoms with van der Waals surface area (Å²) in [7, 11) is 0. The van der Waals surface area contributed by atoms with Gasteiger partial charge in [0.1, 0.15) is 0 Å². The number of aromatic hydroxyl groups is 1. The number of amides is 2. The van der Waals surface area contributed by atoms with E-state index in [-0.39, 0.29) is 18.4 Å². The fourth-order valence-electron chi connectivity index (χ4n) is 6.62. The average molecular weight is 599 g/mol. The van der Waals surface area contributed by atoms with Gasteiger partial charge in [-0.25, -0.2) is 4.39 Å². The molecule has 1 heterocycles. The van der Waals surface area contributed by atoms with Crippen LogP contribution in [-0.4, -0.2) is 39.8 Å². The smallest absolute Gasteiger partial charge is 0.238 e. The van der Waals surface area contributed by atoms with Crippen LogP contribution >= 0.6 is 0 Å². The molecule has 1 saturated heterocycles. The van der Waals surface area contributed by atoms with Crippen LogP contribution in [0.25, 0.3) is 6.08 Å². The molecular weight excluding hydrogens is 559 g/mol. The summed E-state index contributed by atoms with van der Waals surface area (Å²) in [5.41, 5.74) is 5.34. The summed E-state index contributed by atoms with van der Waals surface area (Å²) in [6.07, 6.45) is 3.58. The zero-order chi connectivity index (χ0) is 31.4. The van der Waals surface area contributed by atoms with Crippen molar-refractivity contribution in [3.05, 3.63) is 101 Å². The van der Waals surface area contributed by atoms with E-state index in [9.17, 15) is 29.3 Å². The minimum Gasteiger partial charge on any atom is -0.505 e. The fraction of sp³-hybridized carbons (Fsp3) is 0.333. The number of halogens is 1. The van der Waals surface area contributed by atoms with E-state index in [1.165, 1.54) is 17.0 Å². The van der Waals surface area contributed by atoms with Gasteiger partial charge in [-0.05, 0) is 92.3 Å². The number of rotatable bonds is 11. The van der Waals surface area contributed by atoms with Gasteiger partial charge >= 0.3 is 0 Å². The predicted molar refractivity (Wildman–Crippen MR) is 170 cm³/mol. The van der Waals surface area contributed by atoms with E-state index in [4.69, 9.17) is 0 Å². The molecule has 7 nitrogen and oxygen atoms in total. The zero-order valence-electron chi connectivity index (χ0n) is 25.0. The number of hydrogen-bond acceptors (Lipinski definition) is 6. The molecule has 1 aliphatic carbocycles. The van der Waals surface area contributed by atoms with Crippen LogP contribution in [0.15, 0.2) is 89.5 Å². The Bertz CT molecular complexity index is 1570. The van der Waals surface area contributed by atoms with Crippen molar-refractivity contribution in [2.75, 3.05) is 16.8 Å². The van der Waals surface area contributed by atoms with Crippen LogP contribution in [0, 0.1) is 23.6 Å². The topological polar surface area (TPSA) is 110 Å². The van der Waals surface area contributed by atoms with Gasteiger partial charge in [0.15, 0.2) is 11.6 Å². The van der Waals surface area contributed by atoms with Gasteiger partial charge in [-0.2, -0.15) is 0 Å². The number of aliphatic hydroxyl groups excluding tert-OH is 2. The number of nitrogens with zero attached hydrogens (tertiary/aromatic N) is 1. The molecule has 2 aliphatic rings. The third-order valence-corrected chi connectivity index (χ3v) is 8.68. The quantitative estimate of drug-likeness (QED) is 0.144. The highest BCUT2D eigenvalue weighted by molar-refractivity contribution is 6.22. The molecule has 4 atom stereocenters.